The lowest BCUT2D eigenvalue weighted by atomic mass is 9.97. The number of ketones is 1. The van der Waals surface area contributed by atoms with Gasteiger partial charge in [0, 0.05) is 28.2 Å². The predicted octanol–water partition coefficient (Wildman–Crippen LogP) is 4.83. The van der Waals surface area contributed by atoms with Gasteiger partial charge >= 0.3 is 6.03 Å². The second-order valence-corrected chi connectivity index (χ2v) is 7.44. The van der Waals surface area contributed by atoms with Crippen LogP contribution in [0.1, 0.15) is 23.7 Å². The van der Waals surface area contributed by atoms with Gasteiger partial charge in [-0.3, -0.25) is 14.8 Å². The molecule has 0 saturated carbocycles. The van der Waals surface area contributed by atoms with Gasteiger partial charge in [0.1, 0.15) is 5.82 Å². The summed E-state index contributed by atoms with van der Waals surface area (Å²) < 4.78 is 14.0. The minimum Gasteiger partial charge on any atom is -0.306 e. The largest absolute Gasteiger partial charge is 0.326 e. The van der Waals surface area contributed by atoms with Crippen LogP contribution in [-0.2, 0) is 4.79 Å². The molecule has 0 aliphatic carbocycles. The van der Waals surface area contributed by atoms with Crippen LogP contribution >= 0.6 is 15.9 Å². The Hall–Kier alpha value is -3.00. The minimum atomic E-state index is -0.506. The first-order chi connectivity index (χ1) is 13.4. The van der Waals surface area contributed by atoms with Gasteiger partial charge in [-0.05, 0) is 58.8 Å². The first kappa shape index (κ1) is 18.4. The van der Waals surface area contributed by atoms with Crippen molar-refractivity contribution in [2.24, 2.45) is 0 Å². The molecule has 1 aliphatic rings. The van der Waals surface area contributed by atoms with E-state index < -0.39 is 12.1 Å². The van der Waals surface area contributed by atoms with Crippen molar-refractivity contribution in [2.45, 2.75) is 19.4 Å². The SMILES string of the molecule is Cc1[nH]nc2cc(NC(=O)N3C=CC(=O)CC3c3ccc(F)cc3)c(Br)cc12. The van der Waals surface area contributed by atoms with Crippen molar-refractivity contribution in [3.05, 3.63) is 70.2 Å². The Labute approximate surface area is 168 Å². The van der Waals surface area contributed by atoms with Crippen molar-refractivity contribution in [1.82, 2.24) is 15.1 Å². The fraction of sp³-hybridized carbons (Fsp3) is 0.150. The molecule has 142 valence electrons. The van der Waals surface area contributed by atoms with Crippen LogP contribution in [0, 0.1) is 12.7 Å². The maximum atomic E-state index is 13.3. The van der Waals surface area contributed by atoms with Crippen molar-refractivity contribution in [3.8, 4) is 0 Å². The van der Waals surface area contributed by atoms with Gasteiger partial charge in [0.15, 0.2) is 5.78 Å². The normalized spacial score (nSPS) is 16.6. The molecule has 8 heteroatoms. The highest BCUT2D eigenvalue weighted by Crippen LogP contribution is 2.32. The Bertz CT molecular complexity index is 1110. The first-order valence-corrected chi connectivity index (χ1v) is 9.41. The van der Waals surface area contributed by atoms with Crippen molar-refractivity contribution < 1.29 is 14.0 Å². The number of aryl methyl sites for hydroxylation is 1. The van der Waals surface area contributed by atoms with Crippen molar-refractivity contribution >= 4 is 44.3 Å². The van der Waals surface area contributed by atoms with E-state index in [-0.39, 0.29) is 18.0 Å². The number of aromatic amines is 1. The van der Waals surface area contributed by atoms with E-state index in [2.05, 4.69) is 31.4 Å². The second-order valence-electron chi connectivity index (χ2n) is 6.59. The number of hydrogen-bond acceptors (Lipinski definition) is 3. The van der Waals surface area contributed by atoms with Crippen molar-refractivity contribution in [2.75, 3.05) is 5.32 Å². The van der Waals surface area contributed by atoms with Crippen LogP contribution in [0.2, 0.25) is 0 Å². The standard InChI is InChI=1S/C20H16BrFN4O2/c1-11-15-9-16(21)18(10-17(15)25-24-11)23-20(28)26-7-6-14(27)8-19(26)12-2-4-13(22)5-3-12/h2-7,9-10,19H,8H2,1H3,(H,23,28)(H,24,25). The monoisotopic (exact) mass is 442 g/mol. The number of benzene rings is 2. The number of amides is 2. The Balaban J connectivity index is 1.63. The average Bonchev–Trinajstić information content (AvgIpc) is 3.02. The zero-order chi connectivity index (χ0) is 19.8. The molecular formula is C20H16BrFN4O2. The molecule has 1 aliphatic heterocycles. The highest BCUT2D eigenvalue weighted by atomic mass is 79.9. The van der Waals surface area contributed by atoms with Crippen LogP contribution in [0.5, 0.6) is 0 Å². The summed E-state index contributed by atoms with van der Waals surface area (Å²) in [5, 5.41) is 10.9. The molecule has 2 heterocycles. The van der Waals surface area contributed by atoms with E-state index in [1.165, 1.54) is 29.3 Å². The molecular weight excluding hydrogens is 427 g/mol. The van der Waals surface area contributed by atoms with Gasteiger partial charge in [-0.15, -0.1) is 0 Å². The summed E-state index contributed by atoms with van der Waals surface area (Å²) in [4.78, 5) is 26.3. The lowest BCUT2D eigenvalue weighted by Crippen LogP contribution is -2.37. The molecule has 0 bridgehead atoms. The zero-order valence-corrected chi connectivity index (χ0v) is 16.5. The van der Waals surface area contributed by atoms with E-state index in [1.54, 1.807) is 18.2 Å². The molecule has 6 nitrogen and oxygen atoms in total. The third-order valence-electron chi connectivity index (χ3n) is 4.72. The number of urea groups is 1. The smallest absolute Gasteiger partial charge is 0.306 e. The summed E-state index contributed by atoms with van der Waals surface area (Å²) in [5.74, 6) is -0.461. The maximum absolute atomic E-state index is 13.3. The topological polar surface area (TPSA) is 78.1 Å². The Morgan fingerprint density at radius 1 is 1.32 bits per heavy atom. The van der Waals surface area contributed by atoms with E-state index >= 15 is 0 Å². The van der Waals surface area contributed by atoms with Gasteiger partial charge in [0.05, 0.1) is 17.2 Å². The summed E-state index contributed by atoms with van der Waals surface area (Å²) in [5.41, 5.74) is 2.91. The molecule has 2 aromatic carbocycles. The highest BCUT2D eigenvalue weighted by molar-refractivity contribution is 9.10. The summed E-state index contributed by atoms with van der Waals surface area (Å²) >= 11 is 3.48. The highest BCUT2D eigenvalue weighted by Gasteiger charge is 2.29. The number of aromatic nitrogens is 2. The summed E-state index contributed by atoms with van der Waals surface area (Å²) in [6.45, 7) is 1.92. The number of halogens is 2. The minimum absolute atomic E-state index is 0.0898. The van der Waals surface area contributed by atoms with Crippen LogP contribution < -0.4 is 5.32 Å². The van der Waals surface area contributed by atoms with E-state index in [0.717, 1.165) is 16.6 Å². The lowest BCUT2D eigenvalue weighted by Gasteiger charge is -2.31. The molecule has 0 saturated heterocycles. The van der Waals surface area contributed by atoms with Crippen LogP contribution in [0.4, 0.5) is 14.9 Å². The quantitative estimate of drug-likeness (QED) is 0.596. The summed E-state index contributed by atoms with van der Waals surface area (Å²) in [7, 11) is 0. The molecule has 3 aromatic rings. The van der Waals surface area contributed by atoms with Crippen LogP contribution in [-0.4, -0.2) is 26.9 Å². The predicted molar refractivity (Wildman–Crippen MR) is 107 cm³/mol. The number of nitrogens with zero attached hydrogens (tertiary/aromatic N) is 2. The number of carbonyl (C=O) groups excluding carboxylic acids is 2. The number of carbonyl (C=O) groups is 2. The molecule has 0 radical (unpaired) electrons. The summed E-state index contributed by atoms with van der Waals surface area (Å²) in [6, 6.07) is 8.56. The van der Waals surface area contributed by atoms with Gasteiger partial charge in [-0.25, -0.2) is 9.18 Å². The van der Waals surface area contributed by atoms with E-state index in [4.69, 9.17) is 0 Å². The average molecular weight is 443 g/mol. The number of rotatable bonds is 2. The third kappa shape index (κ3) is 3.43. The van der Waals surface area contributed by atoms with Gasteiger partial charge in [0.25, 0.3) is 0 Å². The van der Waals surface area contributed by atoms with Gasteiger partial charge < -0.3 is 5.32 Å². The number of anilines is 1. The van der Waals surface area contributed by atoms with E-state index in [9.17, 15) is 14.0 Å². The first-order valence-electron chi connectivity index (χ1n) is 8.62. The fourth-order valence-corrected chi connectivity index (χ4v) is 3.67. The van der Waals surface area contributed by atoms with E-state index in [0.29, 0.717) is 15.7 Å². The zero-order valence-electron chi connectivity index (χ0n) is 14.9. The van der Waals surface area contributed by atoms with Crippen molar-refractivity contribution in [3.63, 3.8) is 0 Å². The van der Waals surface area contributed by atoms with Crippen molar-refractivity contribution in [1.29, 1.82) is 0 Å². The number of nitrogens with one attached hydrogen (secondary N) is 2. The molecule has 1 atom stereocenters. The number of H-pyrrole nitrogens is 1. The second kappa shape index (κ2) is 7.20. The van der Waals surface area contributed by atoms with Gasteiger partial charge in [-0.2, -0.15) is 5.10 Å². The molecule has 1 aromatic heterocycles. The maximum Gasteiger partial charge on any atom is 0.326 e. The molecule has 4 rings (SSSR count). The van der Waals surface area contributed by atoms with E-state index in [1.807, 2.05) is 13.0 Å². The Kier molecular flexibility index (Phi) is 4.72. The van der Waals surface area contributed by atoms with Gasteiger partial charge in [0.2, 0.25) is 0 Å². The van der Waals surface area contributed by atoms with Crippen LogP contribution in [0.25, 0.3) is 10.9 Å². The van der Waals surface area contributed by atoms with Gasteiger partial charge in [-0.1, -0.05) is 12.1 Å². The number of hydrogen-bond donors (Lipinski definition) is 2. The molecule has 0 fully saturated rings. The molecule has 28 heavy (non-hydrogen) atoms. The Morgan fingerprint density at radius 2 is 2.07 bits per heavy atom. The molecule has 2 N–H and O–H groups in total. The third-order valence-corrected chi connectivity index (χ3v) is 5.37. The number of fused-ring (bicyclic) bond motifs is 1. The fourth-order valence-electron chi connectivity index (χ4n) is 3.23. The number of allylic oxidation sites excluding steroid dienone is 1. The van der Waals surface area contributed by atoms with Crippen LogP contribution in [0.3, 0.4) is 0 Å². The molecule has 1 unspecified atom stereocenters. The lowest BCUT2D eigenvalue weighted by molar-refractivity contribution is -0.116. The molecule has 0 spiro atoms. The molecule has 2 amide bonds. The summed E-state index contributed by atoms with van der Waals surface area (Å²) in [6.07, 6.45) is 2.96. The van der Waals surface area contributed by atoms with Crippen LogP contribution in [0.15, 0.2) is 53.1 Å². The Morgan fingerprint density at radius 3 is 2.82 bits per heavy atom.